The fraction of sp³-hybridized carbons (Fsp3) is 0.227. The summed E-state index contributed by atoms with van der Waals surface area (Å²) >= 11 is 0. The first kappa shape index (κ1) is 18.7. The largest absolute Gasteiger partial charge is 0.506 e. The number of phenolic OH excluding ortho intramolecular Hbond substituents is 2. The van der Waals surface area contributed by atoms with E-state index >= 15 is 0 Å². The van der Waals surface area contributed by atoms with Gasteiger partial charge in [-0.05, 0) is 38.1 Å². The minimum absolute atomic E-state index is 0.0677. The van der Waals surface area contributed by atoms with Crippen LogP contribution in [0.2, 0.25) is 0 Å². The normalized spacial score (nSPS) is 14.3. The van der Waals surface area contributed by atoms with Crippen LogP contribution >= 0.6 is 0 Å². The molecular weight excluding hydrogens is 376 g/mol. The highest BCUT2D eigenvalue weighted by Gasteiger charge is 2.26. The zero-order valence-corrected chi connectivity index (χ0v) is 16.4. The van der Waals surface area contributed by atoms with Crippen molar-refractivity contribution in [2.24, 2.45) is 0 Å². The second kappa shape index (κ2) is 6.48. The van der Waals surface area contributed by atoms with Crippen molar-refractivity contribution in [1.29, 1.82) is 0 Å². The summed E-state index contributed by atoms with van der Waals surface area (Å²) in [6.07, 6.45) is 3.54. The predicted octanol–water partition coefficient (Wildman–Crippen LogP) is 4.07. The molecule has 1 aliphatic heterocycles. The lowest BCUT2D eigenvalue weighted by Crippen LogP contribution is -2.27. The molecule has 0 aliphatic carbocycles. The van der Waals surface area contributed by atoms with E-state index in [1.807, 2.05) is 19.9 Å². The monoisotopic (exact) mass is 396 g/mol. The summed E-state index contributed by atoms with van der Waals surface area (Å²) in [5.74, 6) is 0.644. The SMILES string of the molecule is COc1cc(-c2cc(=O)c3c(O)c4c(cc3o2)OC(C)(C)C=C4)cc(OC)c1O. The van der Waals surface area contributed by atoms with E-state index < -0.39 is 11.0 Å². The maximum absolute atomic E-state index is 12.8. The molecule has 7 heteroatoms. The Morgan fingerprint density at radius 2 is 1.62 bits per heavy atom. The van der Waals surface area contributed by atoms with Crippen molar-refractivity contribution >= 4 is 17.0 Å². The zero-order chi connectivity index (χ0) is 20.9. The molecule has 2 heterocycles. The molecule has 0 saturated heterocycles. The third kappa shape index (κ3) is 3.04. The van der Waals surface area contributed by atoms with Gasteiger partial charge in [0.15, 0.2) is 16.9 Å². The van der Waals surface area contributed by atoms with Crippen molar-refractivity contribution in [3.05, 3.63) is 46.1 Å². The summed E-state index contributed by atoms with van der Waals surface area (Å²) in [4.78, 5) is 12.8. The Kier molecular flexibility index (Phi) is 4.19. The van der Waals surface area contributed by atoms with E-state index in [0.717, 1.165) is 0 Å². The summed E-state index contributed by atoms with van der Waals surface area (Å²) in [7, 11) is 2.82. The molecular formula is C22H20O7. The summed E-state index contributed by atoms with van der Waals surface area (Å²) < 4.78 is 22.2. The van der Waals surface area contributed by atoms with Crippen LogP contribution in [0.4, 0.5) is 0 Å². The molecule has 0 radical (unpaired) electrons. The highest BCUT2D eigenvalue weighted by molar-refractivity contribution is 5.91. The third-order valence-corrected chi connectivity index (χ3v) is 4.78. The van der Waals surface area contributed by atoms with Gasteiger partial charge in [-0.1, -0.05) is 0 Å². The molecule has 0 fully saturated rings. The average Bonchev–Trinajstić information content (AvgIpc) is 2.66. The van der Waals surface area contributed by atoms with Crippen molar-refractivity contribution in [3.63, 3.8) is 0 Å². The van der Waals surface area contributed by atoms with Gasteiger partial charge in [0.25, 0.3) is 0 Å². The topological polar surface area (TPSA) is 98.4 Å². The Morgan fingerprint density at radius 3 is 2.24 bits per heavy atom. The van der Waals surface area contributed by atoms with Crippen molar-refractivity contribution in [2.45, 2.75) is 19.4 Å². The lowest BCUT2D eigenvalue weighted by molar-refractivity contribution is 0.158. The number of methoxy groups -OCH3 is 2. The number of aromatic hydroxyl groups is 2. The van der Waals surface area contributed by atoms with Crippen molar-refractivity contribution in [1.82, 2.24) is 0 Å². The van der Waals surface area contributed by atoms with E-state index in [2.05, 4.69) is 0 Å². The van der Waals surface area contributed by atoms with Gasteiger partial charge in [-0.15, -0.1) is 0 Å². The van der Waals surface area contributed by atoms with E-state index in [1.54, 1.807) is 12.1 Å². The first-order valence-corrected chi connectivity index (χ1v) is 8.91. The van der Waals surface area contributed by atoms with Crippen LogP contribution in [0.15, 0.2) is 39.6 Å². The van der Waals surface area contributed by atoms with Crippen LogP contribution in [0.5, 0.6) is 28.7 Å². The third-order valence-electron chi connectivity index (χ3n) is 4.78. The summed E-state index contributed by atoms with van der Waals surface area (Å²) in [6, 6.07) is 5.93. The van der Waals surface area contributed by atoms with Crippen LogP contribution in [0, 0.1) is 0 Å². The molecule has 0 bridgehead atoms. The lowest BCUT2D eigenvalue weighted by Gasteiger charge is -2.28. The molecule has 3 aromatic rings. The van der Waals surface area contributed by atoms with Crippen molar-refractivity contribution in [2.75, 3.05) is 14.2 Å². The Morgan fingerprint density at radius 1 is 0.966 bits per heavy atom. The van der Waals surface area contributed by atoms with Gasteiger partial charge in [-0.2, -0.15) is 0 Å². The van der Waals surface area contributed by atoms with E-state index in [4.69, 9.17) is 18.6 Å². The van der Waals surface area contributed by atoms with Gasteiger partial charge >= 0.3 is 0 Å². The summed E-state index contributed by atoms with van der Waals surface area (Å²) in [5.41, 5.74) is 0.119. The Bertz CT molecular complexity index is 1190. The average molecular weight is 396 g/mol. The van der Waals surface area contributed by atoms with Gasteiger partial charge in [-0.25, -0.2) is 0 Å². The maximum atomic E-state index is 12.8. The number of phenols is 2. The molecule has 7 nitrogen and oxygen atoms in total. The molecule has 0 saturated carbocycles. The molecule has 2 aromatic carbocycles. The Labute approximate surface area is 166 Å². The van der Waals surface area contributed by atoms with Crippen LogP contribution < -0.4 is 19.6 Å². The summed E-state index contributed by atoms with van der Waals surface area (Å²) in [6.45, 7) is 3.77. The summed E-state index contributed by atoms with van der Waals surface area (Å²) in [5, 5.41) is 20.8. The molecule has 0 amide bonds. The molecule has 150 valence electrons. The molecule has 0 spiro atoms. The second-order valence-electron chi connectivity index (χ2n) is 7.25. The number of benzene rings is 2. The van der Waals surface area contributed by atoms with Crippen LogP contribution in [0.3, 0.4) is 0 Å². The van der Waals surface area contributed by atoms with Crippen molar-refractivity contribution in [3.8, 4) is 40.1 Å². The predicted molar refractivity (Wildman–Crippen MR) is 108 cm³/mol. The highest BCUT2D eigenvalue weighted by Crippen LogP contribution is 2.43. The van der Waals surface area contributed by atoms with Gasteiger partial charge in [0.2, 0.25) is 5.75 Å². The number of ether oxygens (including phenoxy) is 3. The van der Waals surface area contributed by atoms with E-state index in [-0.39, 0.29) is 39.7 Å². The molecule has 0 atom stereocenters. The van der Waals surface area contributed by atoms with Gasteiger partial charge in [0.05, 0.1) is 19.8 Å². The molecule has 0 unspecified atom stereocenters. The minimum atomic E-state index is -0.553. The first-order chi connectivity index (χ1) is 13.7. The quantitative estimate of drug-likeness (QED) is 0.688. The second-order valence-corrected chi connectivity index (χ2v) is 7.25. The standard InChI is InChI=1S/C22H20O7/c1-22(2)6-5-12-15(29-22)10-16-19(20(12)24)13(23)9-14(28-16)11-7-17(26-3)21(25)18(8-11)27-4/h5-10,24-25H,1-4H3. The zero-order valence-electron chi connectivity index (χ0n) is 16.4. The minimum Gasteiger partial charge on any atom is -0.506 e. The molecule has 4 rings (SSSR count). The van der Waals surface area contributed by atoms with Gasteiger partial charge in [-0.3, -0.25) is 4.79 Å². The molecule has 2 N–H and O–H groups in total. The van der Waals surface area contributed by atoms with Crippen LogP contribution in [-0.4, -0.2) is 30.0 Å². The van der Waals surface area contributed by atoms with E-state index in [0.29, 0.717) is 16.9 Å². The molecule has 1 aromatic heterocycles. The maximum Gasteiger partial charge on any atom is 0.200 e. The molecule has 1 aliphatic rings. The Hall–Kier alpha value is -3.61. The van der Waals surface area contributed by atoms with Crippen LogP contribution in [0.1, 0.15) is 19.4 Å². The van der Waals surface area contributed by atoms with E-state index in [9.17, 15) is 15.0 Å². The molecule has 29 heavy (non-hydrogen) atoms. The van der Waals surface area contributed by atoms with E-state index in [1.165, 1.54) is 32.4 Å². The fourth-order valence-electron chi connectivity index (χ4n) is 3.32. The van der Waals surface area contributed by atoms with Gasteiger partial charge in [0.1, 0.15) is 33.8 Å². The number of rotatable bonds is 3. The van der Waals surface area contributed by atoms with Crippen LogP contribution in [0.25, 0.3) is 28.4 Å². The van der Waals surface area contributed by atoms with Gasteiger partial charge in [0, 0.05) is 17.7 Å². The Balaban J connectivity index is 1.96. The number of hydrogen-bond donors (Lipinski definition) is 2. The lowest BCUT2D eigenvalue weighted by atomic mass is 9.99. The van der Waals surface area contributed by atoms with Gasteiger partial charge < -0.3 is 28.8 Å². The fourth-order valence-corrected chi connectivity index (χ4v) is 3.32. The van der Waals surface area contributed by atoms with Crippen LogP contribution in [-0.2, 0) is 0 Å². The number of fused-ring (bicyclic) bond motifs is 2. The first-order valence-electron chi connectivity index (χ1n) is 8.91. The van der Waals surface area contributed by atoms with Crippen molar-refractivity contribution < 1.29 is 28.8 Å². The highest BCUT2D eigenvalue weighted by atomic mass is 16.5. The number of hydrogen-bond acceptors (Lipinski definition) is 7. The smallest absolute Gasteiger partial charge is 0.200 e.